The summed E-state index contributed by atoms with van der Waals surface area (Å²) in [5.74, 6) is -3.20. The Labute approximate surface area is 268 Å². The van der Waals surface area contributed by atoms with E-state index in [1.807, 2.05) is 0 Å². The average Bonchev–Trinajstić information content (AvgIpc) is 3.45. The van der Waals surface area contributed by atoms with Gasteiger partial charge in [0.05, 0.1) is 17.0 Å². The van der Waals surface area contributed by atoms with Crippen molar-refractivity contribution in [2.24, 2.45) is 11.8 Å². The Hall–Kier alpha value is -3.84. The first-order valence-corrected chi connectivity index (χ1v) is 15.2. The van der Waals surface area contributed by atoms with Crippen LogP contribution < -0.4 is 0 Å². The van der Waals surface area contributed by atoms with Crippen molar-refractivity contribution in [1.29, 1.82) is 0 Å². The van der Waals surface area contributed by atoms with Gasteiger partial charge in [-0.05, 0) is 87.6 Å². The molecule has 7 nitrogen and oxygen atoms in total. The zero-order valence-corrected chi connectivity index (χ0v) is 26.8. The van der Waals surface area contributed by atoms with Crippen LogP contribution in [0.5, 0.6) is 0 Å². The van der Waals surface area contributed by atoms with E-state index in [4.69, 9.17) is 4.74 Å². The van der Waals surface area contributed by atoms with E-state index in [2.05, 4.69) is 0 Å². The van der Waals surface area contributed by atoms with Crippen LogP contribution in [0.4, 0.5) is 35.5 Å². The summed E-state index contributed by atoms with van der Waals surface area (Å²) in [4.78, 5) is 44.2. The summed E-state index contributed by atoms with van der Waals surface area (Å²) in [6, 6.07) is 5.24. The van der Waals surface area contributed by atoms with Gasteiger partial charge in [-0.1, -0.05) is 6.07 Å². The first-order chi connectivity index (χ1) is 21.6. The zero-order chi connectivity index (χ0) is 35.1. The molecule has 2 fully saturated rings. The molecule has 3 unspecified atom stereocenters. The monoisotopic (exact) mass is 673 g/mol. The molecule has 47 heavy (non-hydrogen) atoms. The van der Waals surface area contributed by atoms with Crippen LogP contribution in [0.2, 0.25) is 0 Å². The van der Waals surface area contributed by atoms with Gasteiger partial charge in [0, 0.05) is 51.6 Å². The number of aryl methyl sites for hydroxylation is 1. The first kappa shape index (κ1) is 36.0. The lowest BCUT2D eigenvalue weighted by molar-refractivity contribution is -0.144. The van der Waals surface area contributed by atoms with Crippen LogP contribution >= 0.6 is 0 Å². The predicted octanol–water partition coefficient (Wildman–Crippen LogP) is 7.02. The second-order valence-electron chi connectivity index (χ2n) is 13.3. The Morgan fingerprint density at radius 1 is 0.872 bits per heavy atom. The molecule has 0 N–H and O–H groups in total. The minimum absolute atomic E-state index is 0.0302. The number of hydrogen-bond donors (Lipinski definition) is 0. The molecular weight excluding hydrogens is 635 g/mol. The number of amides is 3. The van der Waals surface area contributed by atoms with Crippen LogP contribution in [-0.4, -0.2) is 71.4 Å². The number of carbonyl (C=O) groups is 3. The topological polar surface area (TPSA) is 70.2 Å². The number of alkyl halides is 6. The summed E-state index contributed by atoms with van der Waals surface area (Å²) in [7, 11) is 1.30. The van der Waals surface area contributed by atoms with Crippen LogP contribution in [-0.2, 0) is 33.2 Å². The van der Waals surface area contributed by atoms with E-state index in [0.29, 0.717) is 36.2 Å². The van der Waals surface area contributed by atoms with Gasteiger partial charge in [-0.15, -0.1) is 0 Å². The molecule has 2 aromatic carbocycles. The lowest BCUT2D eigenvalue weighted by atomic mass is 9.78. The van der Waals surface area contributed by atoms with Gasteiger partial charge in [-0.25, -0.2) is 9.18 Å². The maximum Gasteiger partial charge on any atom is 0.416 e. The van der Waals surface area contributed by atoms with Gasteiger partial charge >= 0.3 is 18.4 Å². The van der Waals surface area contributed by atoms with E-state index in [1.165, 1.54) is 30.1 Å². The van der Waals surface area contributed by atoms with Gasteiger partial charge in [0.2, 0.25) is 11.8 Å². The molecule has 2 heterocycles. The maximum atomic E-state index is 14.0. The van der Waals surface area contributed by atoms with E-state index >= 15 is 0 Å². The average molecular weight is 674 g/mol. The van der Waals surface area contributed by atoms with E-state index in [1.54, 1.807) is 32.6 Å². The number of nitrogens with zero attached hydrogens (tertiary/aromatic N) is 3. The molecule has 2 aliphatic rings. The van der Waals surface area contributed by atoms with Crippen molar-refractivity contribution in [1.82, 2.24) is 14.7 Å². The van der Waals surface area contributed by atoms with E-state index in [9.17, 15) is 45.1 Å². The molecule has 4 rings (SSSR count). The summed E-state index contributed by atoms with van der Waals surface area (Å²) in [6.45, 7) is 7.06. The molecule has 258 valence electrons. The predicted molar refractivity (Wildman–Crippen MR) is 157 cm³/mol. The zero-order valence-electron chi connectivity index (χ0n) is 26.8. The Kier molecular flexibility index (Phi) is 10.2. The van der Waals surface area contributed by atoms with Crippen LogP contribution in [0.3, 0.4) is 0 Å². The Bertz CT molecular complexity index is 1470. The van der Waals surface area contributed by atoms with Crippen LogP contribution in [0, 0.1) is 24.6 Å². The quantitative estimate of drug-likeness (QED) is 0.320. The highest BCUT2D eigenvalue weighted by Gasteiger charge is 2.42. The van der Waals surface area contributed by atoms with E-state index in [-0.39, 0.29) is 43.6 Å². The Morgan fingerprint density at radius 3 is 2.02 bits per heavy atom. The van der Waals surface area contributed by atoms with Crippen molar-refractivity contribution in [2.75, 3.05) is 33.2 Å². The van der Waals surface area contributed by atoms with Crippen molar-refractivity contribution < 1.29 is 49.9 Å². The van der Waals surface area contributed by atoms with Gasteiger partial charge in [0.25, 0.3) is 0 Å². The third kappa shape index (κ3) is 8.75. The fourth-order valence-corrected chi connectivity index (χ4v) is 6.28. The molecule has 0 spiro atoms. The van der Waals surface area contributed by atoms with Crippen molar-refractivity contribution in [2.45, 2.75) is 71.0 Å². The number of rotatable bonds is 5. The lowest BCUT2D eigenvalue weighted by Gasteiger charge is -2.41. The molecule has 2 aromatic rings. The number of benzene rings is 2. The summed E-state index contributed by atoms with van der Waals surface area (Å²) in [6.07, 6.45) is -10.0. The number of hydrogen-bond acceptors (Lipinski definition) is 4. The Balaban J connectivity index is 1.56. The third-order valence-electron chi connectivity index (χ3n) is 8.51. The molecule has 3 amide bonds. The molecule has 2 saturated heterocycles. The third-order valence-corrected chi connectivity index (χ3v) is 8.51. The molecule has 14 heteroatoms. The fourth-order valence-electron chi connectivity index (χ4n) is 6.28. The molecular formula is C33H38F7N3O4. The van der Waals surface area contributed by atoms with Crippen LogP contribution in [0.1, 0.15) is 67.3 Å². The molecule has 0 bridgehead atoms. The minimum atomic E-state index is -5.04. The van der Waals surface area contributed by atoms with Crippen molar-refractivity contribution >= 4 is 17.9 Å². The minimum Gasteiger partial charge on any atom is -0.444 e. The van der Waals surface area contributed by atoms with Gasteiger partial charge in [-0.3, -0.25) is 9.59 Å². The standard InChI is InChI=1S/C33H38F7N3O4/c1-19-12-24(34)6-7-25(19)27-18-42(28(44)21-8-10-43(17-21)30(46)47-31(2,3)4)11-9-26(27)29(45)41(5)16-20-13-22(32(35,36)37)15-23(14-20)33(38,39)40/h6-7,12-15,21,26-27H,8-11,16-18H2,1-5H3. The number of halogens is 7. The normalized spacial score (nSPS) is 20.7. The van der Waals surface area contributed by atoms with Crippen molar-refractivity contribution in [3.05, 3.63) is 70.0 Å². The summed E-state index contributed by atoms with van der Waals surface area (Å²) < 4.78 is 100. The largest absolute Gasteiger partial charge is 0.444 e. The molecule has 0 radical (unpaired) electrons. The number of piperidine rings is 1. The van der Waals surface area contributed by atoms with Gasteiger partial charge in [0.1, 0.15) is 11.4 Å². The SMILES string of the molecule is Cc1cc(F)ccc1C1CN(C(=O)C2CCN(C(=O)OC(C)(C)C)C2)CCC1C(=O)N(C)Cc1cc(C(F)(F)F)cc(C(F)(F)F)c1. The first-order valence-electron chi connectivity index (χ1n) is 15.2. The maximum absolute atomic E-state index is 14.0. The highest BCUT2D eigenvalue weighted by molar-refractivity contribution is 5.83. The van der Waals surface area contributed by atoms with Gasteiger partial charge in [0.15, 0.2) is 0 Å². The number of ether oxygens (including phenoxy) is 1. The summed E-state index contributed by atoms with van der Waals surface area (Å²) in [5.41, 5.74) is -2.90. The molecule has 2 aliphatic heterocycles. The number of carbonyl (C=O) groups excluding carboxylic acids is 3. The summed E-state index contributed by atoms with van der Waals surface area (Å²) in [5, 5.41) is 0. The van der Waals surface area contributed by atoms with Gasteiger partial charge < -0.3 is 19.4 Å². The van der Waals surface area contributed by atoms with Crippen LogP contribution in [0.25, 0.3) is 0 Å². The molecule has 0 aliphatic carbocycles. The fraction of sp³-hybridized carbons (Fsp3) is 0.545. The smallest absolute Gasteiger partial charge is 0.416 e. The second kappa shape index (κ2) is 13.3. The molecule has 0 saturated carbocycles. The Morgan fingerprint density at radius 2 is 1.47 bits per heavy atom. The lowest BCUT2D eigenvalue weighted by Crippen LogP contribution is -2.49. The number of likely N-dealkylation sites (tertiary alicyclic amines) is 2. The highest BCUT2D eigenvalue weighted by atomic mass is 19.4. The van der Waals surface area contributed by atoms with Gasteiger partial charge in [-0.2, -0.15) is 26.3 Å². The highest BCUT2D eigenvalue weighted by Crippen LogP contribution is 2.39. The second-order valence-corrected chi connectivity index (χ2v) is 13.3. The van der Waals surface area contributed by atoms with Crippen LogP contribution in [0.15, 0.2) is 36.4 Å². The van der Waals surface area contributed by atoms with Crippen molar-refractivity contribution in [3.8, 4) is 0 Å². The van der Waals surface area contributed by atoms with E-state index < -0.39 is 71.2 Å². The van der Waals surface area contributed by atoms with Crippen molar-refractivity contribution in [3.63, 3.8) is 0 Å². The summed E-state index contributed by atoms with van der Waals surface area (Å²) >= 11 is 0. The molecule has 0 aromatic heterocycles. The molecule has 3 atom stereocenters. The van der Waals surface area contributed by atoms with E-state index in [0.717, 1.165) is 4.90 Å².